The summed E-state index contributed by atoms with van der Waals surface area (Å²) in [5.41, 5.74) is 8.83. The summed E-state index contributed by atoms with van der Waals surface area (Å²) in [5.74, 6) is -1.04. The molecular weight excluding hydrogens is 1050 g/mol. The molecule has 0 spiro atoms. The Bertz CT molecular complexity index is 3180. The molecule has 0 radical (unpaired) electrons. The molecule has 18 nitrogen and oxygen atoms in total. The van der Waals surface area contributed by atoms with E-state index < -0.39 is 71.3 Å². The molecule has 0 bridgehead atoms. The lowest BCUT2D eigenvalue weighted by Crippen LogP contribution is -2.59. The predicted molar refractivity (Wildman–Crippen MR) is 300 cm³/mol. The Morgan fingerprint density at radius 2 is 1.67 bits per heavy atom. The minimum Gasteiger partial charge on any atom is -0.370 e. The van der Waals surface area contributed by atoms with E-state index in [9.17, 15) is 51.9 Å². The van der Waals surface area contributed by atoms with E-state index in [1.54, 1.807) is 12.1 Å². The van der Waals surface area contributed by atoms with Gasteiger partial charge in [0.2, 0.25) is 35.4 Å². The van der Waals surface area contributed by atoms with Gasteiger partial charge in [-0.1, -0.05) is 54.3 Å². The van der Waals surface area contributed by atoms with Crippen LogP contribution in [0.2, 0.25) is 0 Å². The van der Waals surface area contributed by atoms with Gasteiger partial charge in [-0.05, 0) is 139 Å². The maximum atomic E-state index is 14.7. The van der Waals surface area contributed by atoms with Crippen LogP contribution in [0.1, 0.15) is 146 Å². The molecule has 82 heavy (non-hydrogen) atoms. The van der Waals surface area contributed by atoms with Crippen molar-refractivity contribution in [1.29, 1.82) is 0 Å². The van der Waals surface area contributed by atoms with Gasteiger partial charge in [0.1, 0.15) is 23.8 Å². The van der Waals surface area contributed by atoms with Crippen LogP contribution >= 0.6 is 0 Å². The van der Waals surface area contributed by atoms with E-state index in [0.717, 1.165) is 49.3 Å². The summed E-state index contributed by atoms with van der Waals surface area (Å²) in [6.45, 7) is 2.03. The Morgan fingerprint density at radius 1 is 0.902 bits per heavy atom. The third-order valence-electron chi connectivity index (χ3n) is 17.3. The molecule has 1 unspecified atom stereocenters. The Kier molecular flexibility index (Phi) is 18.3. The van der Waals surface area contributed by atoms with Crippen molar-refractivity contribution >= 4 is 63.9 Å². The zero-order valence-electron chi connectivity index (χ0n) is 46.8. The number of nitrogens with zero attached hydrogens (tertiary/aromatic N) is 4. The largest absolute Gasteiger partial charge is 0.370 e. The number of alkyl halides is 2. The van der Waals surface area contributed by atoms with Crippen molar-refractivity contribution in [3.63, 3.8) is 0 Å². The van der Waals surface area contributed by atoms with Crippen molar-refractivity contribution in [2.75, 3.05) is 27.2 Å². The van der Waals surface area contributed by atoms with Crippen molar-refractivity contribution in [3.05, 3.63) is 106 Å². The number of hydrogen-bond acceptors (Lipinski definition) is 10. The van der Waals surface area contributed by atoms with E-state index in [4.69, 9.17) is 5.73 Å². The molecule has 7 atom stereocenters. The lowest BCUT2D eigenvalue weighted by molar-refractivity contribution is -0.144. The predicted octanol–water partition coefficient (Wildman–Crippen LogP) is 5.64. The lowest BCUT2D eigenvalue weighted by Gasteiger charge is -2.39. The van der Waals surface area contributed by atoms with Crippen LogP contribution in [0.15, 0.2) is 72.8 Å². The highest BCUT2D eigenvalue weighted by molar-refractivity contribution is 6.06. The summed E-state index contributed by atoms with van der Waals surface area (Å²) < 4.78 is 28.3. The molecule has 4 fully saturated rings. The molecule has 6 heterocycles. The molecule has 3 aromatic carbocycles. The number of H-pyrrole nitrogens is 1. The molecule has 5 aliphatic rings. The Morgan fingerprint density at radius 3 is 2.39 bits per heavy atom. The van der Waals surface area contributed by atoms with Crippen LogP contribution in [0.3, 0.4) is 0 Å². The number of carbonyl (C=O) groups is 9. The molecule has 0 saturated carbocycles. The number of hydrogen-bond donors (Lipinski definition) is 5. The Balaban J connectivity index is 0.828. The van der Waals surface area contributed by atoms with Gasteiger partial charge in [-0.15, -0.1) is 0 Å². The summed E-state index contributed by atoms with van der Waals surface area (Å²) in [5, 5.41) is 8.50. The zero-order chi connectivity index (χ0) is 58.4. The second-order valence-corrected chi connectivity index (χ2v) is 23.1. The molecular formula is C62H73F2N9O9. The van der Waals surface area contributed by atoms with Gasteiger partial charge < -0.3 is 41.0 Å². The SMILES string of the molecule is CN(C)[C@@H]1CC[C@H](NC(=O)c2cc3cc(C(C)(F)F)ccc3[nH]2)C(=O)N2[C@H](CC[C@H]2C(=O)N[C@@H](CCC(N)=O)C(=O)C[C@@H](Cc2ccccc2)C(=O)N2CCC(CCCC#Cc3cccc4c3CN(C3CCC(=O)NC3=O)C4=O)CC2)C1. The van der Waals surface area contributed by atoms with Crippen LogP contribution < -0.4 is 21.7 Å². The molecule has 0 aliphatic carbocycles. The summed E-state index contributed by atoms with van der Waals surface area (Å²) in [6, 6.07) is 16.0. The van der Waals surface area contributed by atoms with Crippen LogP contribution in [0.5, 0.6) is 0 Å². The molecule has 8 amide bonds. The number of aromatic amines is 1. The van der Waals surface area contributed by atoms with Crippen molar-refractivity contribution < 1.29 is 51.9 Å². The average molecular weight is 1130 g/mol. The molecule has 6 N–H and O–H groups in total. The fourth-order valence-electron chi connectivity index (χ4n) is 12.6. The number of fused-ring (bicyclic) bond motifs is 3. The monoisotopic (exact) mass is 1130 g/mol. The number of imide groups is 1. The van der Waals surface area contributed by atoms with Gasteiger partial charge in [-0.2, -0.15) is 0 Å². The van der Waals surface area contributed by atoms with E-state index in [-0.39, 0.29) is 99.0 Å². The normalized spacial score (nSPS) is 22.1. The van der Waals surface area contributed by atoms with Crippen LogP contribution in [0, 0.1) is 23.7 Å². The third kappa shape index (κ3) is 13.7. The Hall–Kier alpha value is -7.79. The number of nitrogens with two attached hydrogens (primary N) is 1. The highest BCUT2D eigenvalue weighted by Gasteiger charge is 2.47. The summed E-state index contributed by atoms with van der Waals surface area (Å²) in [6.07, 6.45) is 6.14. The summed E-state index contributed by atoms with van der Waals surface area (Å²) >= 11 is 0. The number of aromatic nitrogens is 1. The highest BCUT2D eigenvalue weighted by Crippen LogP contribution is 2.35. The number of Topliss-reactive ketones (excluding diaryl/α,β-unsaturated/α-hetero) is 1. The van der Waals surface area contributed by atoms with Crippen LogP contribution in [0.4, 0.5) is 8.78 Å². The average Bonchev–Trinajstić information content (AvgIpc) is 3.84. The minimum absolute atomic E-state index is 0.00796. The maximum absolute atomic E-state index is 14.7. The first-order chi connectivity index (χ1) is 39.2. The van der Waals surface area contributed by atoms with Gasteiger partial charge in [0.15, 0.2) is 5.78 Å². The van der Waals surface area contributed by atoms with E-state index in [0.29, 0.717) is 61.2 Å². The van der Waals surface area contributed by atoms with Gasteiger partial charge in [0.05, 0.1) is 6.04 Å². The van der Waals surface area contributed by atoms with Crippen molar-refractivity contribution in [1.82, 2.24) is 40.5 Å². The highest BCUT2D eigenvalue weighted by atomic mass is 19.3. The number of benzene rings is 3. The second-order valence-electron chi connectivity index (χ2n) is 23.1. The minimum atomic E-state index is -3.09. The molecule has 434 valence electrons. The zero-order valence-corrected chi connectivity index (χ0v) is 46.8. The number of likely N-dealkylation sites (tertiary alicyclic amines) is 1. The number of ketones is 1. The smallest absolute Gasteiger partial charge is 0.270 e. The molecule has 20 heteroatoms. The van der Waals surface area contributed by atoms with E-state index in [1.807, 2.05) is 55.4 Å². The number of primary amides is 1. The molecule has 4 aromatic rings. The van der Waals surface area contributed by atoms with Crippen LogP contribution in [0.25, 0.3) is 10.9 Å². The second kappa shape index (κ2) is 25.6. The van der Waals surface area contributed by atoms with Gasteiger partial charge in [0, 0.05) is 97.8 Å². The first kappa shape index (κ1) is 58.9. The van der Waals surface area contributed by atoms with Crippen molar-refractivity contribution in [3.8, 4) is 11.8 Å². The standard InChI is InChI=1S/C62H73F2N9O9/c1-62(63,64)42-17-20-47-40(32-42)33-50(66-47)56(77)68-49-21-18-43(70(2)3)35-44-19-23-52(73(44)61(49)82)58(79)67-48(22-25-54(65)75)53(74)34-41(31-38-12-7-4-8-13-38)59(80)71-29-27-37(28-30-71)11-6-5-9-14-39-15-10-16-45-46(39)36-72(60(45)81)51-24-26-55(76)69-57(51)78/h4,7-8,10,12-13,15-17,20,32-33,37,41,43-44,48-49,51-52,66H,5-6,11,18-19,21-31,34-36H2,1-3H3,(H2,65,75)(H,67,79)(H,68,77)(H,69,76,78)/t41-,43-,44-,48+,49+,51?,52+/m1/s1. The van der Waals surface area contributed by atoms with Gasteiger partial charge in [-0.25, -0.2) is 8.78 Å². The van der Waals surface area contributed by atoms with E-state index >= 15 is 0 Å². The Labute approximate surface area is 476 Å². The lowest BCUT2D eigenvalue weighted by atomic mass is 9.87. The number of nitrogens with one attached hydrogen (secondary N) is 4. The first-order valence-electron chi connectivity index (χ1n) is 28.7. The third-order valence-corrected chi connectivity index (χ3v) is 17.3. The number of halogens is 2. The number of rotatable bonds is 19. The van der Waals surface area contributed by atoms with Gasteiger partial charge >= 0.3 is 0 Å². The fourth-order valence-corrected chi connectivity index (χ4v) is 12.6. The number of unbranched alkanes of at least 4 members (excludes halogenated alkanes) is 1. The van der Waals surface area contributed by atoms with Crippen LogP contribution in [-0.2, 0) is 52.4 Å². The number of amides is 8. The fraction of sp³-hybridized carbons (Fsp3) is 0.500. The quantitative estimate of drug-likeness (QED) is 0.0440. The van der Waals surface area contributed by atoms with Gasteiger partial charge in [0.25, 0.3) is 17.7 Å². The first-order valence-corrected chi connectivity index (χ1v) is 28.7. The molecule has 9 rings (SSSR count). The number of piperidine rings is 2. The summed E-state index contributed by atoms with van der Waals surface area (Å²) in [4.78, 5) is 132. The topological polar surface area (TPSA) is 244 Å². The van der Waals surface area contributed by atoms with Crippen molar-refractivity contribution in [2.24, 2.45) is 17.6 Å². The maximum Gasteiger partial charge on any atom is 0.270 e. The van der Waals surface area contributed by atoms with E-state index in [2.05, 4.69) is 37.7 Å². The molecule has 4 saturated heterocycles. The van der Waals surface area contributed by atoms with Crippen LogP contribution in [-0.4, -0.2) is 141 Å². The number of carbonyl (C=O) groups excluding carboxylic acids is 9. The molecule has 1 aromatic heterocycles. The van der Waals surface area contributed by atoms with E-state index in [1.165, 1.54) is 34.1 Å². The van der Waals surface area contributed by atoms with Crippen molar-refractivity contribution in [2.45, 2.75) is 158 Å². The van der Waals surface area contributed by atoms with Gasteiger partial charge in [-0.3, -0.25) is 48.5 Å². The molecule has 5 aliphatic heterocycles. The summed E-state index contributed by atoms with van der Waals surface area (Å²) in [7, 11) is 3.87.